The number of nitrogens with one attached hydrogen (secondary N) is 3. The fourth-order valence-corrected chi connectivity index (χ4v) is 2.55. The van der Waals surface area contributed by atoms with Crippen LogP contribution in [0.5, 0.6) is 5.75 Å². The molecule has 25 heavy (non-hydrogen) atoms. The van der Waals surface area contributed by atoms with Crippen molar-refractivity contribution in [2.24, 2.45) is 0 Å². The second-order valence-corrected chi connectivity index (χ2v) is 5.94. The van der Waals surface area contributed by atoms with Crippen molar-refractivity contribution in [2.75, 3.05) is 17.2 Å². The second-order valence-electron chi connectivity index (χ2n) is 5.58. The smallest absolute Gasteiger partial charge is 0.227 e. The van der Waals surface area contributed by atoms with Crippen molar-refractivity contribution in [3.8, 4) is 5.75 Å². The molecule has 5 N–H and O–H groups in total. The zero-order valence-corrected chi connectivity index (χ0v) is 14.4. The zero-order valence-electron chi connectivity index (χ0n) is 13.6. The molecule has 3 aromatic rings. The van der Waals surface area contributed by atoms with Crippen LogP contribution in [0.1, 0.15) is 18.9 Å². The Labute approximate surface area is 149 Å². The summed E-state index contributed by atoms with van der Waals surface area (Å²) < 4.78 is 0. The third-order valence-corrected chi connectivity index (χ3v) is 3.92. The van der Waals surface area contributed by atoms with E-state index in [1.807, 2.05) is 13.0 Å². The number of nitrogens with zero attached hydrogens (tertiary/aromatic N) is 3. The molecule has 0 amide bonds. The van der Waals surface area contributed by atoms with Crippen molar-refractivity contribution in [3.63, 3.8) is 0 Å². The highest BCUT2D eigenvalue weighted by Crippen LogP contribution is 2.23. The van der Waals surface area contributed by atoms with E-state index in [0.717, 1.165) is 12.0 Å². The van der Waals surface area contributed by atoms with Gasteiger partial charge >= 0.3 is 0 Å². The van der Waals surface area contributed by atoms with Crippen molar-refractivity contribution in [1.29, 1.82) is 0 Å². The lowest BCUT2D eigenvalue weighted by Gasteiger charge is -2.15. The summed E-state index contributed by atoms with van der Waals surface area (Å²) in [7, 11) is 0. The number of fused-ring (bicyclic) bond motifs is 1. The van der Waals surface area contributed by atoms with E-state index < -0.39 is 0 Å². The fraction of sp³-hybridized carbons (Fsp3) is 0.312. The number of aromatic amines is 1. The van der Waals surface area contributed by atoms with E-state index in [0.29, 0.717) is 29.5 Å². The van der Waals surface area contributed by atoms with Gasteiger partial charge in [-0.2, -0.15) is 15.0 Å². The van der Waals surface area contributed by atoms with Gasteiger partial charge in [0, 0.05) is 6.54 Å². The van der Waals surface area contributed by atoms with Crippen LogP contribution in [0.15, 0.2) is 24.3 Å². The summed E-state index contributed by atoms with van der Waals surface area (Å²) >= 11 is 5.95. The summed E-state index contributed by atoms with van der Waals surface area (Å²) in [6.45, 7) is 2.39. The molecule has 3 rings (SSSR count). The molecule has 9 heteroatoms. The van der Waals surface area contributed by atoms with Gasteiger partial charge in [0.1, 0.15) is 11.3 Å². The van der Waals surface area contributed by atoms with Gasteiger partial charge in [-0.15, -0.1) is 0 Å². The minimum atomic E-state index is -0.147. The summed E-state index contributed by atoms with van der Waals surface area (Å²) in [5.41, 5.74) is 1.91. The van der Waals surface area contributed by atoms with Crippen LogP contribution < -0.4 is 10.6 Å². The Morgan fingerprint density at radius 3 is 2.84 bits per heavy atom. The predicted octanol–water partition coefficient (Wildman–Crippen LogP) is 2.51. The Bertz CT molecular complexity index is 865. The molecule has 8 nitrogen and oxygen atoms in total. The molecule has 0 radical (unpaired) electrons. The van der Waals surface area contributed by atoms with Gasteiger partial charge in [0.15, 0.2) is 11.5 Å². The van der Waals surface area contributed by atoms with Gasteiger partial charge in [-0.3, -0.25) is 0 Å². The highest BCUT2D eigenvalue weighted by atomic mass is 35.5. The van der Waals surface area contributed by atoms with Crippen molar-refractivity contribution >= 4 is 34.5 Å². The van der Waals surface area contributed by atoms with E-state index in [1.165, 1.54) is 0 Å². The molecule has 0 saturated carbocycles. The third-order valence-electron chi connectivity index (χ3n) is 3.74. The number of rotatable bonds is 7. The number of phenolic OH excluding ortho intramolecular Hbond substituents is 1. The number of hydrogen-bond donors (Lipinski definition) is 5. The number of halogens is 1. The Morgan fingerprint density at radius 1 is 1.28 bits per heavy atom. The summed E-state index contributed by atoms with van der Waals surface area (Å²) in [6.07, 6.45) is 0.727. The molecule has 2 aromatic heterocycles. The lowest BCUT2D eigenvalue weighted by molar-refractivity contribution is 0.271. The first-order valence-corrected chi connectivity index (χ1v) is 8.29. The zero-order chi connectivity index (χ0) is 17.8. The van der Waals surface area contributed by atoms with Gasteiger partial charge < -0.3 is 25.8 Å². The first-order valence-electron chi connectivity index (χ1n) is 7.91. The topological polar surface area (TPSA) is 119 Å². The van der Waals surface area contributed by atoms with Gasteiger partial charge in [0.25, 0.3) is 0 Å². The van der Waals surface area contributed by atoms with E-state index in [1.54, 1.807) is 18.2 Å². The maximum absolute atomic E-state index is 9.56. The number of aromatic hydroxyl groups is 1. The molecular weight excluding hydrogens is 344 g/mol. The van der Waals surface area contributed by atoms with Crippen molar-refractivity contribution in [2.45, 2.75) is 25.9 Å². The molecule has 0 bridgehead atoms. The normalized spacial score (nSPS) is 12.3. The van der Waals surface area contributed by atoms with Gasteiger partial charge in [-0.05, 0) is 35.7 Å². The number of benzene rings is 1. The molecule has 1 aromatic carbocycles. The first kappa shape index (κ1) is 17.2. The maximum atomic E-state index is 9.56. The molecule has 1 atom stereocenters. The summed E-state index contributed by atoms with van der Waals surface area (Å²) in [4.78, 5) is 15.8. The monoisotopic (exact) mass is 362 g/mol. The SMILES string of the molecule is CCC(CO)Nc1nc(NCc2cccc(O)c2)c2[nH]c(Cl)nc2n1. The molecule has 1 unspecified atom stereocenters. The van der Waals surface area contributed by atoms with E-state index in [-0.39, 0.29) is 23.7 Å². The van der Waals surface area contributed by atoms with Crippen LogP contribution in [-0.2, 0) is 6.54 Å². The van der Waals surface area contributed by atoms with Crippen LogP contribution in [-0.4, -0.2) is 42.8 Å². The number of aromatic nitrogens is 4. The van der Waals surface area contributed by atoms with Crippen LogP contribution in [0, 0.1) is 0 Å². The summed E-state index contributed by atoms with van der Waals surface area (Å²) in [5.74, 6) is 1.09. The second kappa shape index (κ2) is 7.54. The van der Waals surface area contributed by atoms with Crippen molar-refractivity contribution < 1.29 is 10.2 Å². The van der Waals surface area contributed by atoms with E-state index in [4.69, 9.17) is 11.6 Å². The highest BCUT2D eigenvalue weighted by molar-refractivity contribution is 6.29. The van der Waals surface area contributed by atoms with Crippen molar-refractivity contribution in [1.82, 2.24) is 19.9 Å². The lowest BCUT2D eigenvalue weighted by Crippen LogP contribution is -2.24. The Kier molecular flexibility index (Phi) is 5.20. The lowest BCUT2D eigenvalue weighted by atomic mass is 10.2. The first-order chi connectivity index (χ1) is 12.1. The molecule has 2 heterocycles. The van der Waals surface area contributed by atoms with E-state index >= 15 is 0 Å². The molecule has 0 aliphatic rings. The Balaban J connectivity index is 1.89. The maximum Gasteiger partial charge on any atom is 0.227 e. The number of phenols is 1. The van der Waals surface area contributed by atoms with Gasteiger partial charge in [-0.25, -0.2) is 0 Å². The molecule has 0 aliphatic carbocycles. The highest BCUT2D eigenvalue weighted by Gasteiger charge is 2.14. The number of aliphatic hydroxyl groups is 1. The molecular formula is C16H19ClN6O2. The molecule has 0 spiro atoms. The van der Waals surface area contributed by atoms with Crippen molar-refractivity contribution in [3.05, 3.63) is 35.1 Å². The van der Waals surface area contributed by atoms with E-state index in [2.05, 4.69) is 30.6 Å². The van der Waals surface area contributed by atoms with Crippen LogP contribution in [0.4, 0.5) is 11.8 Å². The third kappa shape index (κ3) is 4.09. The largest absolute Gasteiger partial charge is 0.508 e. The fourth-order valence-electron chi connectivity index (χ4n) is 2.37. The summed E-state index contributed by atoms with van der Waals surface area (Å²) in [5, 5.41) is 25.4. The standard InChI is InChI=1S/C16H19ClN6O2/c1-2-10(8-24)19-16-22-13(12-14(23-16)21-15(17)20-12)18-7-9-4-3-5-11(25)6-9/h3-6,10,24-25H,2,7-8H2,1H3,(H3,18,19,20,21,22,23). The van der Waals surface area contributed by atoms with E-state index in [9.17, 15) is 10.2 Å². The Morgan fingerprint density at radius 2 is 2.12 bits per heavy atom. The van der Waals surface area contributed by atoms with Crippen LogP contribution >= 0.6 is 11.6 Å². The Hall–Kier alpha value is -2.58. The van der Waals surface area contributed by atoms with Gasteiger partial charge in [0.05, 0.1) is 12.6 Å². The van der Waals surface area contributed by atoms with Crippen LogP contribution in [0.3, 0.4) is 0 Å². The minimum Gasteiger partial charge on any atom is -0.508 e. The number of aliphatic hydroxyl groups excluding tert-OH is 1. The average molecular weight is 363 g/mol. The number of hydrogen-bond acceptors (Lipinski definition) is 7. The number of H-pyrrole nitrogens is 1. The molecule has 0 fully saturated rings. The number of imidazole rings is 1. The number of anilines is 2. The quantitative estimate of drug-likeness (QED) is 0.410. The van der Waals surface area contributed by atoms with Crippen LogP contribution in [0.25, 0.3) is 11.2 Å². The predicted molar refractivity (Wildman–Crippen MR) is 96.9 cm³/mol. The molecule has 132 valence electrons. The van der Waals surface area contributed by atoms with Gasteiger partial charge in [-0.1, -0.05) is 19.1 Å². The summed E-state index contributed by atoms with van der Waals surface area (Å²) in [6, 6.07) is 6.80. The van der Waals surface area contributed by atoms with Gasteiger partial charge in [0.2, 0.25) is 11.2 Å². The average Bonchev–Trinajstić information content (AvgIpc) is 2.98. The molecule has 0 aliphatic heterocycles. The van der Waals surface area contributed by atoms with Crippen LogP contribution in [0.2, 0.25) is 5.28 Å². The molecule has 0 saturated heterocycles. The minimum absolute atomic E-state index is 0.0225.